The molecule has 2 rings (SSSR count). The molecule has 0 saturated carbocycles. The van der Waals surface area contributed by atoms with Crippen LogP contribution in [0.1, 0.15) is 52.9 Å². The van der Waals surface area contributed by atoms with E-state index in [1.807, 2.05) is 11.8 Å². The molecule has 0 aromatic heterocycles. The van der Waals surface area contributed by atoms with E-state index in [9.17, 15) is 19.2 Å². The molecule has 408 valence electrons. The first-order valence-electron chi connectivity index (χ1n) is 24.5. The van der Waals surface area contributed by atoms with Gasteiger partial charge < -0.3 is 94.2 Å². The molecule has 0 radical (unpaired) electrons. The lowest BCUT2D eigenvalue weighted by molar-refractivity contribution is -0.123. The Morgan fingerprint density at radius 3 is 1.54 bits per heavy atom. The maximum absolute atomic E-state index is 12.1. The number of nitrogens with two attached hydrogens (primary N) is 1. The number of nitrogens with one attached hydrogen (secondary N) is 7. The average molecular weight is 1030 g/mol. The SMILES string of the molecule is CC(C)(C)OC(=O)NCCOCCOCCOCCOCCOCCNC(=O)CCOCCOCCOCCOCCOC/C(=C/NCCOCCNC(=O)CCCC[C@@H]1SCC2NC(=O)NC21)NN. The highest BCUT2D eigenvalue weighted by Crippen LogP contribution is 2.33. The van der Waals surface area contributed by atoms with Crippen molar-refractivity contribution in [2.75, 3.05) is 177 Å². The molecule has 24 nitrogen and oxygen atoms in total. The molecule has 25 heteroatoms. The molecule has 9 N–H and O–H groups in total. The summed E-state index contributed by atoms with van der Waals surface area (Å²) >= 11 is 1.89. The van der Waals surface area contributed by atoms with E-state index in [2.05, 4.69) is 37.3 Å². The van der Waals surface area contributed by atoms with E-state index < -0.39 is 11.7 Å². The summed E-state index contributed by atoms with van der Waals surface area (Å²) in [4.78, 5) is 47.2. The summed E-state index contributed by atoms with van der Waals surface area (Å²) in [5.74, 6) is 6.45. The number of hydrogen-bond donors (Lipinski definition) is 8. The zero-order chi connectivity index (χ0) is 50.6. The van der Waals surface area contributed by atoms with Gasteiger partial charge in [0.15, 0.2) is 0 Å². The third-order valence-electron chi connectivity index (χ3n) is 9.69. The number of hydrogen-bond acceptors (Lipinski definition) is 20. The quantitative estimate of drug-likeness (QED) is 0.0171. The topological polar surface area (TPSA) is 289 Å². The van der Waals surface area contributed by atoms with Gasteiger partial charge >= 0.3 is 12.1 Å². The van der Waals surface area contributed by atoms with E-state index in [4.69, 9.17) is 62.7 Å². The van der Waals surface area contributed by atoms with Gasteiger partial charge in [-0.1, -0.05) is 6.42 Å². The lowest BCUT2D eigenvalue weighted by Crippen LogP contribution is -2.36. The van der Waals surface area contributed by atoms with E-state index >= 15 is 0 Å². The molecular weight excluding hydrogens is 941 g/mol. The number of urea groups is 1. The molecule has 0 aromatic carbocycles. The molecule has 0 aliphatic carbocycles. The Bertz CT molecular complexity index is 1380. The fraction of sp³-hybridized carbons (Fsp3) is 0.867. The van der Waals surface area contributed by atoms with Crippen molar-refractivity contribution in [3.8, 4) is 0 Å². The van der Waals surface area contributed by atoms with Crippen LogP contribution in [0.5, 0.6) is 0 Å². The fourth-order valence-electron chi connectivity index (χ4n) is 6.28. The first kappa shape index (κ1) is 62.8. The normalized spacial score (nSPS) is 16.7. The number of rotatable bonds is 48. The highest BCUT2D eigenvalue weighted by molar-refractivity contribution is 8.00. The Morgan fingerprint density at radius 2 is 1.03 bits per heavy atom. The predicted molar refractivity (Wildman–Crippen MR) is 261 cm³/mol. The van der Waals surface area contributed by atoms with Crippen molar-refractivity contribution in [1.82, 2.24) is 37.3 Å². The molecule has 5 amide bonds. The number of alkyl carbamates (subject to hydrolysis) is 1. The highest BCUT2D eigenvalue weighted by atomic mass is 32.2. The highest BCUT2D eigenvalue weighted by Gasteiger charge is 2.42. The Labute approximate surface area is 418 Å². The molecule has 2 aliphatic rings. The Kier molecular flexibility index (Phi) is 38.8. The third kappa shape index (κ3) is 37.5. The van der Waals surface area contributed by atoms with Crippen LogP contribution in [-0.2, 0) is 66.4 Å². The fourth-order valence-corrected chi connectivity index (χ4v) is 7.82. The molecule has 0 aromatic rings. The summed E-state index contributed by atoms with van der Waals surface area (Å²) < 4.78 is 65.6. The molecular formula is C45H86N8O16S. The lowest BCUT2D eigenvalue weighted by atomic mass is 10.0. The van der Waals surface area contributed by atoms with Crippen molar-refractivity contribution in [2.24, 2.45) is 5.84 Å². The summed E-state index contributed by atoms with van der Waals surface area (Å²) in [6, 6.07) is 0.365. The van der Waals surface area contributed by atoms with Crippen molar-refractivity contribution in [1.29, 1.82) is 0 Å². The number of thioether (sulfide) groups is 1. The Hall–Kier alpha value is -3.31. The number of unbranched alkanes of at least 4 members (excludes halogenated alkanes) is 1. The van der Waals surface area contributed by atoms with E-state index in [0.29, 0.717) is 182 Å². The van der Waals surface area contributed by atoms with Crippen molar-refractivity contribution in [3.05, 3.63) is 11.9 Å². The summed E-state index contributed by atoms with van der Waals surface area (Å²) in [5.41, 5.74) is 2.75. The predicted octanol–water partition coefficient (Wildman–Crippen LogP) is -0.0637. The number of fused-ring (bicyclic) bond motifs is 1. The molecule has 3 atom stereocenters. The standard InChI is InChI=1S/C45H86N8O16S/c1-45(2,3)69-44(57)50-12-17-61-20-23-64-26-29-65-28-25-63-22-19-60-16-11-49-41(55)8-13-58-18-21-62-24-27-66-30-31-67-32-33-68-35-37(53-46)34-47-9-14-59-15-10-48-40(54)7-5-4-6-39-42-38(36-70-39)51-43(56)52-42/h34,38-39,42,47,53H,4-33,35-36,46H2,1-3H3,(H,48,54)(H,49,55)(H,50,57)(H2,51,52,56)/b37-34-/t38?,39-,42?/m0/s1. The first-order valence-corrected chi connectivity index (χ1v) is 25.6. The van der Waals surface area contributed by atoms with Crippen LogP contribution >= 0.6 is 11.8 Å². The van der Waals surface area contributed by atoms with Gasteiger partial charge in [0.2, 0.25) is 11.8 Å². The molecule has 2 fully saturated rings. The third-order valence-corrected chi connectivity index (χ3v) is 11.2. The molecule has 2 saturated heterocycles. The van der Waals surface area contributed by atoms with E-state index in [1.54, 1.807) is 27.0 Å². The second kappa shape index (κ2) is 43.3. The van der Waals surface area contributed by atoms with Crippen LogP contribution in [0.15, 0.2) is 11.9 Å². The minimum atomic E-state index is -0.528. The monoisotopic (exact) mass is 1030 g/mol. The van der Waals surface area contributed by atoms with Crippen LogP contribution in [0.2, 0.25) is 0 Å². The van der Waals surface area contributed by atoms with Crippen molar-refractivity contribution in [2.45, 2.75) is 75.8 Å². The van der Waals surface area contributed by atoms with Crippen LogP contribution in [0.25, 0.3) is 0 Å². The summed E-state index contributed by atoms with van der Waals surface area (Å²) in [7, 11) is 0. The number of ether oxygens (including phenoxy) is 12. The Balaban J connectivity index is 1.20. The molecule has 2 unspecified atom stereocenters. The zero-order valence-corrected chi connectivity index (χ0v) is 42.8. The van der Waals surface area contributed by atoms with Gasteiger partial charge in [0.25, 0.3) is 0 Å². The van der Waals surface area contributed by atoms with Crippen LogP contribution in [0.4, 0.5) is 9.59 Å². The van der Waals surface area contributed by atoms with Crippen molar-refractivity contribution in [3.63, 3.8) is 0 Å². The summed E-state index contributed by atoms with van der Waals surface area (Å²) in [5, 5.41) is 17.8. The van der Waals surface area contributed by atoms with Crippen molar-refractivity contribution >= 4 is 35.7 Å². The van der Waals surface area contributed by atoms with Gasteiger partial charge in [-0.2, -0.15) is 11.8 Å². The summed E-state index contributed by atoms with van der Waals surface area (Å²) in [6.45, 7) is 16.2. The van der Waals surface area contributed by atoms with E-state index in [-0.39, 0.29) is 43.0 Å². The molecule has 0 spiro atoms. The van der Waals surface area contributed by atoms with Gasteiger partial charge in [0.1, 0.15) is 5.60 Å². The van der Waals surface area contributed by atoms with Gasteiger partial charge in [-0.3, -0.25) is 15.4 Å². The smallest absolute Gasteiger partial charge is 0.407 e. The van der Waals surface area contributed by atoms with Gasteiger partial charge in [-0.05, 0) is 33.6 Å². The average Bonchev–Trinajstić information content (AvgIpc) is 3.89. The van der Waals surface area contributed by atoms with Crippen LogP contribution < -0.4 is 43.2 Å². The number of amides is 5. The van der Waals surface area contributed by atoms with Crippen LogP contribution in [-0.4, -0.2) is 224 Å². The van der Waals surface area contributed by atoms with Gasteiger partial charge in [-0.25, -0.2) is 9.59 Å². The minimum absolute atomic E-state index is 0.0251. The maximum atomic E-state index is 12.1. The van der Waals surface area contributed by atoms with Gasteiger partial charge in [0, 0.05) is 56.2 Å². The number of carbonyl (C=O) groups is 4. The van der Waals surface area contributed by atoms with Crippen LogP contribution in [0.3, 0.4) is 0 Å². The number of carbonyl (C=O) groups excluding carboxylic acids is 4. The van der Waals surface area contributed by atoms with Gasteiger partial charge in [-0.15, -0.1) is 0 Å². The van der Waals surface area contributed by atoms with Gasteiger partial charge in [0.05, 0.1) is 163 Å². The molecule has 70 heavy (non-hydrogen) atoms. The second-order valence-corrected chi connectivity index (χ2v) is 18.0. The van der Waals surface area contributed by atoms with Crippen molar-refractivity contribution < 1.29 is 76.0 Å². The van der Waals surface area contributed by atoms with E-state index in [1.165, 1.54) is 0 Å². The Morgan fingerprint density at radius 1 is 0.586 bits per heavy atom. The maximum Gasteiger partial charge on any atom is 0.407 e. The first-order chi connectivity index (χ1) is 34.1. The molecule has 2 aliphatic heterocycles. The number of hydrazine groups is 1. The second-order valence-electron chi connectivity index (χ2n) is 16.7. The molecule has 2 heterocycles. The minimum Gasteiger partial charge on any atom is -0.444 e. The lowest BCUT2D eigenvalue weighted by Gasteiger charge is -2.19. The zero-order valence-electron chi connectivity index (χ0n) is 42.0. The largest absolute Gasteiger partial charge is 0.444 e. The van der Waals surface area contributed by atoms with Crippen LogP contribution in [0, 0.1) is 0 Å². The molecule has 0 bridgehead atoms. The summed E-state index contributed by atoms with van der Waals surface area (Å²) in [6.07, 6.45) is 4.78. The van der Waals surface area contributed by atoms with E-state index in [0.717, 1.165) is 25.0 Å².